The summed E-state index contributed by atoms with van der Waals surface area (Å²) in [5, 5.41) is 11.5. The number of aryl methyl sites for hydroxylation is 1. The number of anilines is 1. The Balaban J connectivity index is 1.81. The van der Waals surface area contributed by atoms with E-state index in [0.717, 1.165) is 9.48 Å². The highest BCUT2D eigenvalue weighted by atomic mass is 79.9. The van der Waals surface area contributed by atoms with Crippen molar-refractivity contribution in [2.75, 3.05) is 5.32 Å². The lowest BCUT2D eigenvalue weighted by Gasteiger charge is -2.19. The van der Waals surface area contributed by atoms with Crippen LogP contribution < -0.4 is 10.0 Å². The number of nitrogens with zero attached hydrogens (tertiary/aromatic N) is 2. The van der Waals surface area contributed by atoms with Gasteiger partial charge < -0.3 is 5.32 Å². The maximum absolute atomic E-state index is 12.8. The Hall–Kier alpha value is -2.14. The highest BCUT2D eigenvalue weighted by molar-refractivity contribution is 9.10. The van der Waals surface area contributed by atoms with Crippen molar-refractivity contribution in [3.05, 3.63) is 69.6 Å². The summed E-state index contributed by atoms with van der Waals surface area (Å²) in [6.07, 6.45) is -0.0849. The molecule has 0 saturated heterocycles. The van der Waals surface area contributed by atoms with Crippen molar-refractivity contribution in [3.8, 4) is 0 Å². The number of nitrogens with one attached hydrogen (secondary N) is 2. The van der Waals surface area contributed by atoms with Crippen LogP contribution in [0.3, 0.4) is 0 Å². The van der Waals surface area contributed by atoms with E-state index in [4.69, 9.17) is 0 Å². The van der Waals surface area contributed by atoms with Crippen LogP contribution in [0.5, 0.6) is 0 Å². The van der Waals surface area contributed by atoms with Gasteiger partial charge in [-0.15, -0.1) is 10.2 Å². The van der Waals surface area contributed by atoms with Crippen LogP contribution in [-0.2, 0) is 14.8 Å². The van der Waals surface area contributed by atoms with Crippen molar-refractivity contribution >= 4 is 48.3 Å². The van der Waals surface area contributed by atoms with Crippen LogP contribution in [0.15, 0.2) is 64.0 Å². The van der Waals surface area contributed by atoms with E-state index in [2.05, 4.69) is 36.2 Å². The van der Waals surface area contributed by atoms with Crippen molar-refractivity contribution in [2.24, 2.45) is 0 Å². The summed E-state index contributed by atoms with van der Waals surface area (Å²) in [6.45, 7) is 1.78. The number of carbonyl (C=O) groups excluding carboxylic acids is 1. The van der Waals surface area contributed by atoms with Crippen LogP contribution >= 0.6 is 27.3 Å². The first-order chi connectivity index (χ1) is 13.3. The number of hydrogen-bond acceptors (Lipinski definition) is 6. The van der Waals surface area contributed by atoms with Gasteiger partial charge >= 0.3 is 0 Å². The summed E-state index contributed by atoms with van der Waals surface area (Å²) in [7, 11) is -3.81. The Bertz CT molecular complexity index is 1050. The molecular formula is C18H17BrN4O3S2. The summed E-state index contributed by atoms with van der Waals surface area (Å²) in [4.78, 5) is 12.6. The smallest absolute Gasteiger partial charge is 0.241 e. The van der Waals surface area contributed by atoms with Crippen LogP contribution in [0.4, 0.5) is 5.13 Å². The van der Waals surface area contributed by atoms with E-state index >= 15 is 0 Å². The second-order valence-electron chi connectivity index (χ2n) is 5.92. The number of benzene rings is 2. The minimum atomic E-state index is -3.81. The summed E-state index contributed by atoms with van der Waals surface area (Å²) in [6, 6.07) is 14.5. The zero-order valence-electron chi connectivity index (χ0n) is 14.8. The van der Waals surface area contributed by atoms with Gasteiger partial charge in [-0.1, -0.05) is 57.6 Å². The maximum Gasteiger partial charge on any atom is 0.241 e. The highest BCUT2D eigenvalue weighted by Crippen LogP contribution is 2.23. The maximum atomic E-state index is 12.8. The average molecular weight is 481 g/mol. The summed E-state index contributed by atoms with van der Waals surface area (Å²) in [5.74, 6) is -0.358. The first kappa shape index (κ1) is 20.6. The number of halogens is 1. The molecule has 28 heavy (non-hydrogen) atoms. The number of amides is 1. The van der Waals surface area contributed by atoms with Gasteiger partial charge in [0.05, 0.1) is 10.9 Å². The molecule has 10 heteroatoms. The van der Waals surface area contributed by atoms with E-state index in [-0.39, 0.29) is 17.2 Å². The molecule has 0 aliphatic rings. The van der Waals surface area contributed by atoms with Crippen molar-refractivity contribution < 1.29 is 13.2 Å². The minimum Gasteiger partial charge on any atom is -0.300 e. The molecule has 1 amide bonds. The van der Waals surface area contributed by atoms with Crippen molar-refractivity contribution in [1.29, 1.82) is 0 Å². The zero-order valence-corrected chi connectivity index (χ0v) is 18.0. The van der Waals surface area contributed by atoms with E-state index in [9.17, 15) is 13.2 Å². The molecule has 0 fully saturated rings. The Labute approximate surface area is 175 Å². The molecule has 146 valence electrons. The van der Waals surface area contributed by atoms with Gasteiger partial charge in [-0.05, 0) is 36.8 Å². The van der Waals surface area contributed by atoms with E-state index < -0.39 is 16.1 Å². The SMILES string of the molecule is Cc1nnc(NC(=O)CC(NS(=O)(=O)c2ccc(Br)cc2)c2ccccc2)s1. The van der Waals surface area contributed by atoms with Crippen molar-refractivity contribution in [3.63, 3.8) is 0 Å². The summed E-state index contributed by atoms with van der Waals surface area (Å²) >= 11 is 4.54. The Kier molecular flexibility index (Phi) is 6.55. The molecule has 0 spiro atoms. The molecular weight excluding hydrogens is 464 g/mol. The van der Waals surface area contributed by atoms with Crippen molar-refractivity contribution in [1.82, 2.24) is 14.9 Å². The summed E-state index contributed by atoms with van der Waals surface area (Å²) in [5.41, 5.74) is 0.687. The predicted octanol–water partition coefficient (Wildman–Crippen LogP) is 3.66. The first-order valence-electron chi connectivity index (χ1n) is 8.26. The van der Waals surface area contributed by atoms with Gasteiger partial charge in [0.1, 0.15) is 5.01 Å². The molecule has 2 N–H and O–H groups in total. The fourth-order valence-electron chi connectivity index (χ4n) is 2.48. The van der Waals surface area contributed by atoms with Crippen molar-refractivity contribution in [2.45, 2.75) is 24.3 Å². The predicted molar refractivity (Wildman–Crippen MR) is 112 cm³/mol. The molecule has 0 aliphatic heterocycles. The Morgan fingerprint density at radius 3 is 2.39 bits per heavy atom. The molecule has 2 aromatic carbocycles. The molecule has 7 nitrogen and oxygen atoms in total. The molecule has 0 saturated carbocycles. The number of aromatic nitrogens is 2. The third kappa shape index (κ3) is 5.44. The number of carbonyl (C=O) groups is 1. The van der Waals surface area contributed by atoms with Crippen LogP contribution in [0, 0.1) is 6.92 Å². The molecule has 3 rings (SSSR count). The van der Waals surface area contributed by atoms with Gasteiger partial charge in [-0.2, -0.15) is 0 Å². The molecule has 3 aromatic rings. The van der Waals surface area contributed by atoms with E-state index in [1.165, 1.54) is 23.5 Å². The second kappa shape index (κ2) is 8.91. The quantitative estimate of drug-likeness (QED) is 0.537. The van der Waals surface area contributed by atoms with Gasteiger partial charge in [0, 0.05) is 10.9 Å². The van der Waals surface area contributed by atoms with Crippen LogP contribution in [0.25, 0.3) is 0 Å². The lowest BCUT2D eigenvalue weighted by atomic mass is 10.0. The third-order valence-electron chi connectivity index (χ3n) is 3.79. The van der Waals surface area contributed by atoms with Gasteiger partial charge in [-0.25, -0.2) is 13.1 Å². The second-order valence-corrected chi connectivity index (χ2v) is 9.73. The minimum absolute atomic E-state index is 0.0849. The molecule has 0 aliphatic carbocycles. The number of hydrogen-bond donors (Lipinski definition) is 2. The van der Waals surface area contributed by atoms with E-state index in [0.29, 0.717) is 10.7 Å². The lowest BCUT2D eigenvalue weighted by molar-refractivity contribution is -0.116. The molecule has 1 unspecified atom stereocenters. The monoisotopic (exact) mass is 480 g/mol. The van der Waals surface area contributed by atoms with Crippen LogP contribution in [-0.4, -0.2) is 24.5 Å². The Morgan fingerprint density at radius 1 is 1.11 bits per heavy atom. The lowest BCUT2D eigenvalue weighted by Crippen LogP contribution is -2.31. The van der Waals surface area contributed by atoms with Gasteiger partial charge in [-0.3, -0.25) is 4.79 Å². The normalized spacial score (nSPS) is 12.5. The molecule has 1 aromatic heterocycles. The average Bonchev–Trinajstić information content (AvgIpc) is 3.06. The first-order valence-corrected chi connectivity index (χ1v) is 11.4. The molecule has 0 bridgehead atoms. The highest BCUT2D eigenvalue weighted by Gasteiger charge is 2.24. The van der Waals surface area contributed by atoms with Gasteiger partial charge in [0.15, 0.2) is 0 Å². The number of sulfonamides is 1. The zero-order chi connectivity index (χ0) is 20.1. The molecule has 0 radical (unpaired) electrons. The van der Waals surface area contributed by atoms with Gasteiger partial charge in [0.2, 0.25) is 21.1 Å². The van der Waals surface area contributed by atoms with Gasteiger partial charge in [0.25, 0.3) is 0 Å². The third-order valence-corrected chi connectivity index (χ3v) is 6.56. The molecule has 1 atom stereocenters. The van der Waals surface area contributed by atoms with E-state index in [1.807, 2.05) is 6.07 Å². The van der Waals surface area contributed by atoms with Crippen LogP contribution in [0.2, 0.25) is 0 Å². The largest absolute Gasteiger partial charge is 0.300 e. The topological polar surface area (TPSA) is 101 Å². The fraction of sp³-hybridized carbons (Fsp3) is 0.167. The van der Waals surface area contributed by atoms with E-state index in [1.54, 1.807) is 43.3 Å². The van der Waals surface area contributed by atoms with Crippen LogP contribution in [0.1, 0.15) is 23.0 Å². The summed E-state index contributed by atoms with van der Waals surface area (Å²) < 4.78 is 29.0. The standard InChI is InChI=1S/C18H17BrN4O3S2/c1-12-21-22-18(27-12)20-17(24)11-16(13-5-3-2-4-6-13)23-28(25,26)15-9-7-14(19)8-10-15/h2-10,16,23H,11H2,1H3,(H,20,22,24). The number of rotatable bonds is 7. The Morgan fingerprint density at radius 2 is 1.79 bits per heavy atom. The fourth-order valence-corrected chi connectivity index (χ4v) is 4.58. The molecule has 1 heterocycles.